The molecular formula is C24H32N6O4S. The molecule has 2 aromatic rings. The Morgan fingerprint density at radius 1 is 1.23 bits per heavy atom. The molecule has 2 amide bonds. The predicted molar refractivity (Wildman–Crippen MR) is 132 cm³/mol. The Morgan fingerprint density at radius 2 is 1.97 bits per heavy atom. The molecule has 3 heterocycles. The summed E-state index contributed by atoms with van der Waals surface area (Å²) in [7, 11) is 0. The Labute approximate surface area is 209 Å². The molecule has 0 unspecified atom stereocenters. The number of aryl methyl sites for hydroxylation is 1. The Bertz CT molecular complexity index is 1050. The number of benzene rings is 1. The van der Waals surface area contributed by atoms with Gasteiger partial charge in [0.2, 0.25) is 0 Å². The molecule has 0 radical (unpaired) electrons. The topological polar surface area (TPSA) is 129 Å². The number of amides is 2. The van der Waals surface area contributed by atoms with E-state index in [0.717, 1.165) is 42.8 Å². The van der Waals surface area contributed by atoms with E-state index < -0.39 is 17.9 Å². The number of aromatic nitrogens is 2. The van der Waals surface area contributed by atoms with Crippen molar-refractivity contribution in [3.63, 3.8) is 0 Å². The minimum Gasteiger partial charge on any atom is -0.480 e. The molecule has 1 fully saturated rings. The van der Waals surface area contributed by atoms with E-state index in [2.05, 4.69) is 20.5 Å². The fourth-order valence-electron chi connectivity index (χ4n) is 4.28. The maximum absolute atomic E-state index is 13.0. The van der Waals surface area contributed by atoms with Gasteiger partial charge in [-0.2, -0.15) is 5.10 Å². The summed E-state index contributed by atoms with van der Waals surface area (Å²) in [4.78, 5) is 40.0. The van der Waals surface area contributed by atoms with E-state index in [4.69, 9.17) is 0 Å². The second kappa shape index (κ2) is 11.7. The van der Waals surface area contributed by atoms with Crippen LogP contribution in [0.25, 0.3) is 0 Å². The number of carbonyl (C=O) groups is 3. The molecule has 1 aromatic heterocycles. The van der Waals surface area contributed by atoms with Gasteiger partial charge in [-0.05, 0) is 69.3 Å². The summed E-state index contributed by atoms with van der Waals surface area (Å²) in [6.45, 7) is 5.74. The van der Waals surface area contributed by atoms with Gasteiger partial charge in [0.25, 0.3) is 11.8 Å². The zero-order valence-electron chi connectivity index (χ0n) is 19.8. The molecule has 1 saturated heterocycles. The lowest BCUT2D eigenvalue weighted by Crippen LogP contribution is -2.43. The van der Waals surface area contributed by atoms with Gasteiger partial charge in [0, 0.05) is 30.6 Å². The number of nitrogens with one attached hydrogen (secondary N) is 3. The molecule has 0 bridgehead atoms. The van der Waals surface area contributed by atoms with Gasteiger partial charge in [-0.25, -0.2) is 4.72 Å². The highest BCUT2D eigenvalue weighted by atomic mass is 32.2. The summed E-state index contributed by atoms with van der Waals surface area (Å²) in [5, 5.41) is 19.8. The number of hydrogen-bond acceptors (Lipinski definition) is 7. The monoisotopic (exact) mass is 500 g/mol. The van der Waals surface area contributed by atoms with Crippen LogP contribution in [0.2, 0.25) is 0 Å². The first-order valence-corrected chi connectivity index (χ1v) is 12.8. The molecule has 2 aliphatic heterocycles. The standard InChI is InChI=1S/C24H32N6O4S/c1-16-2-4-18(5-3-16)35-28-20(24(33)34)15-26-22(31)19-14-21-23(32)29(12-13-30(21)27-19)11-8-17-6-9-25-10-7-17/h2-5,14,17,20,25,28H,6-13,15H2,1H3,(H,26,31)(H,33,34)/t20-/m1/s1. The van der Waals surface area contributed by atoms with Crippen molar-refractivity contribution in [1.82, 2.24) is 30.0 Å². The fourth-order valence-corrected chi connectivity index (χ4v) is 5.02. The number of carboxylic acids is 1. The molecule has 35 heavy (non-hydrogen) atoms. The van der Waals surface area contributed by atoms with E-state index in [-0.39, 0.29) is 18.1 Å². The Hall–Kier alpha value is -2.89. The SMILES string of the molecule is Cc1ccc(SN[C@H](CNC(=O)c2cc3n(n2)CCN(CCC2CCNCC2)C3=O)C(=O)O)cc1. The maximum atomic E-state index is 13.0. The van der Waals surface area contributed by atoms with Crippen LogP contribution in [-0.2, 0) is 11.3 Å². The summed E-state index contributed by atoms with van der Waals surface area (Å²) in [5.41, 5.74) is 1.63. The van der Waals surface area contributed by atoms with Crippen molar-refractivity contribution in [2.75, 3.05) is 32.7 Å². The van der Waals surface area contributed by atoms with Crippen LogP contribution in [0.1, 0.15) is 45.8 Å². The Morgan fingerprint density at radius 3 is 2.69 bits per heavy atom. The van der Waals surface area contributed by atoms with E-state index in [1.807, 2.05) is 36.1 Å². The van der Waals surface area contributed by atoms with Gasteiger partial charge in [-0.15, -0.1) is 0 Å². The number of fused-ring (bicyclic) bond motifs is 1. The minimum atomic E-state index is -1.08. The molecule has 4 N–H and O–H groups in total. The van der Waals surface area contributed by atoms with Crippen LogP contribution >= 0.6 is 11.9 Å². The lowest BCUT2D eigenvalue weighted by Gasteiger charge is -2.30. The number of rotatable bonds is 10. The average molecular weight is 501 g/mol. The van der Waals surface area contributed by atoms with E-state index in [1.54, 1.807) is 4.68 Å². The third kappa shape index (κ3) is 6.62. The number of hydrogen-bond donors (Lipinski definition) is 4. The van der Waals surface area contributed by atoms with Crippen LogP contribution in [-0.4, -0.2) is 76.3 Å². The summed E-state index contributed by atoms with van der Waals surface area (Å²) in [6, 6.07) is 8.18. The lowest BCUT2D eigenvalue weighted by molar-refractivity contribution is -0.138. The third-order valence-corrected chi connectivity index (χ3v) is 7.38. The van der Waals surface area contributed by atoms with Crippen molar-refractivity contribution in [2.45, 2.75) is 43.7 Å². The van der Waals surface area contributed by atoms with Crippen LogP contribution in [0.15, 0.2) is 35.2 Å². The third-order valence-electron chi connectivity index (χ3n) is 6.47. The number of piperidine rings is 1. The fraction of sp³-hybridized carbons (Fsp3) is 0.500. The quantitative estimate of drug-likeness (QED) is 0.362. The molecule has 11 heteroatoms. The lowest BCUT2D eigenvalue weighted by atomic mass is 9.94. The maximum Gasteiger partial charge on any atom is 0.323 e. The van der Waals surface area contributed by atoms with Gasteiger partial charge in [-0.3, -0.25) is 19.1 Å². The van der Waals surface area contributed by atoms with Gasteiger partial charge in [0.1, 0.15) is 11.7 Å². The van der Waals surface area contributed by atoms with Crippen LogP contribution in [0, 0.1) is 12.8 Å². The van der Waals surface area contributed by atoms with Crippen LogP contribution in [0.5, 0.6) is 0 Å². The average Bonchev–Trinajstić information content (AvgIpc) is 3.30. The second-order valence-electron chi connectivity index (χ2n) is 9.05. The molecule has 0 saturated carbocycles. The molecule has 1 aromatic carbocycles. The van der Waals surface area contributed by atoms with Crippen molar-refractivity contribution < 1.29 is 19.5 Å². The van der Waals surface area contributed by atoms with Crippen molar-refractivity contribution >= 4 is 29.7 Å². The zero-order valence-corrected chi connectivity index (χ0v) is 20.6. The predicted octanol–water partition coefficient (Wildman–Crippen LogP) is 1.52. The summed E-state index contributed by atoms with van der Waals surface area (Å²) in [6.07, 6.45) is 3.26. The smallest absolute Gasteiger partial charge is 0.323 e. The summed E-state index contributed by atoms with van der Waals surface area (Å²) in [5.74, 6) is -1.06. The molecular weight excluding hydrogens is 468 g/mol. The first-order valence-electron chi connectivity index (χ1n) is 12.0. The summed E-state index contributed by atoms with van der Waals surface area (Å²) < 4.78 is 4.44. The Balaban J connectivity index is 1.30. The highest BCUT2D eigenvalue weighted by Crippen LogP contribution is 2.20. The second-order valence-corrected chi connectivity index (χ2v) is 9.96. The highest BCUT2D eigenvalue weighted by molar-refractivity contribution is 7.97. The number of carboxylic acid groups (broad SMARTS) is 1. The first kappa shape index (κ1) is 25.2. The highest BCUT2D eigenvalue weighted by Gasteiger charge is 2.29. The van der Waals surface area contributed by atoms with Gasteiger partial charge in [-0.1, -0.05) is 17.7 Å². The number of aliphatic carboxylic acids is 1. The Kier molecular flexibility index (Phi) is 8.42. The van der Waals surface area contributed by atoms with Crippen molar-refractivity contribution in [3.05, 3.63) is 47.3 Å². The van der Waals surface area contributed by atoms with Gasteiger partial charge < -0.3 is 20.6 Å². The minimum absolute atomic E-state index is 0.115. The summed E-state index contributed by atoms with van der Waals surface area (Å²) >= 11 is 1.19. The van der Waals surface area contributed by atoms with Crippen molar-refractivity contribution in [3.8, 4) is 0 Å². The number of carbonyl (C=O) groups excluding carboxylic acids is 2. The van der Waals surface area contributed by atoms with E-state index in [0.29, 0.717) is 31.2 Å². The zero-order chi connectivity index (χ0) is 24.8. The molecule has 0 aliphatic carbocycles. The van der Waals surface area contributed by atoms with Gasteiger partial charge >= 0.3 is 5.97 Å². The normalized spacial score (nSPS) is 17.2. The van der Waals surface area contributed by atoms with Crippen molar-refractivity contribution in [2.24, 2.45) is 5.92 Å². The van der Waals surface area contributed by atoms with Gasteiger partial charge in [0.15, 0.2) is 5.69 Å². The van der Waals surface area contributed by atoms with Crippen LogP contribution in [0.3, 0.4) is 0 Å². The molecule has 1 atom stereocenters. The molecule has 2 aliphatic rings. The molecule has 10 nitrogen and oxygen atoms in total. The largest absolute Gasteiger partial charge is 0.480 e. The molecule has 0 spiro atoms. The van der Waals surface area contributed by atoms with Crippen LogP contribution < -0.4 is 15.4 Å². The van der Waals surface area contributed by atoms with Gasteiger partial charge in [0.05, 0.1) is 6.54 Å². The van der Waals surface area contributed by atoms with Crippen molar-refractivity contribution in [1.29, 1.82) is 0 Å². The van der Waals surface area contributed by atoms with Crippen LogP contribution in [0.4, 0.5) is 0 Å². The van der Waals surface area contributed by atoms with E-state index in [1.165, 1.54) is 18.0 Å². The molecule has 188 valence electrons. The molecule has 4 rings (SSSR count). The number of nitrogens with zero attached hydrogens (tertiary/aromatic N) is 3. The first-order chi connectivity index (χ1) is 16.9. The van der Waals surface area contributed by atoms with E-state index in [9.17, 15) is 19.5 Å². The van der Waals surface area contributed by atoms with E-state index >= 15 is 0 Å².